The van der Waals surface area contributed by atoms with E-state index < -0.39 is 11.2 Å². The van der Waals surface area contributed by atoms with Crippen molar-refractivity contribution in [3.63, 3.8) is 0 Å². The Balaban J connectivity index is 2.55. The highest BCUT2D eigenvalue weighted by molar-refractivity contribution is 6.30. The van der Waals surface area contributed by atoms with Gasteiger partial charge >= 0.3 is 5.69 Å². The van der Waals surface area contributed by atoms with Gasteiger partial charge in [-0.2, -0.15) is 5.26 Å². The first-order valence-electron chi connectivity index (χ1n) is 6.52. The van der Waals surface area contributed by atoms with Crippen LogP contribution >= 0.6 is 11.6 Å². The Hall–Kier alpha value is -2.52. The van der Waals surface area contributed by atoms with Gasteiger partial charge in [0.15, 0.2) is 5.56 Å². The van der Waals surface area contributed by atoms with Crippen LogP contribution in [0.3, 0.4) is 0 Å². The molecule has 0 amide bonds. The van der Waals surface area contributed by atoms with Gasteiger partial charge in [0.25, 0.3) is 5.56 Å². The standard InChI is InChI=1S/C15H15ClN4O2/c1-18(9-10-5-4-6-11(16)7-10)13-12(8-17)14(21)20(3)15(22)19(13)2/h4-7H,9H2,1-3H3. The van der Waals surface area contributed by atoms with Crippen LogP contribution in [-0.4, -0.2) is 16.2 Å². The zero-order valence-electron chi connectivity index (χ0n) is 12.5. The average Bonchev–Trinajstić information content (AvgIpc) is 2.48. The lowest BCUT2D eigenvalue weighted by Gasteiger charge is -2.23. The molecule has 0 aliphatic heterocycles. The van der Waals surface area contributed by atoms with Crippen LogP contribution in [0.15, 0.2) is 33.9 Å². The summed E-state index contributed by atoms with van der Waals surface area (Å²) in [5.74, 6) is 0.288. The highest BCUT2D eigenvalue weighted by Gasteiger charge is 2.18. The minimum Gasteiger partial charge on any atom is -0.355 e. The average molecular weight is 319 g/mol. The fraction of sp³-hybridized carbons (Fsp3) is 0.267. The van der Waals surface area contributed by atoms with Crippen LogP contribution in [0.25, 0.3) is 0 Å². The summed E-state index contributed by atoms with van der Waals surface area (Å²) in [6.07, 6.45) is 0. The first-order valence-corrected chi connectivity index (χ1v) is 6.90. The topological polar surface area (TPSA) is 71.0 Å². The molecule has 6 nitrogen and oxygen atoms in total. The lowest BCUT2D eigenvalue weighted by atomic mass is 10.2. The molecule has 2 rings (SSSR count). The molecule has 0 radical (unpaired) electrons. The van der Waals surface area contributed by atoms with Crippen molar-refractivity contribution in [2.75, 3.05) is 11.9 Å². The summed E-state index contributed by atoms with van der Waals surface area (Å²) < 4.78 is 2.22. The van der Waals surface area contributed by atoms with Crippen LogP contribution in [0.5, 0.6) is 0 Å². The summed E-state index contributed by atoms with van der Waals surface area (Å²) in [6, 6.07) is 9.15. The van der Waals surface area contributed by atoms with Gasteiger partial charge in [0.05, 0.1) is 0 Å². The summed E-state index contributed by atoms with van der Waals surface area (Å²) in [5.41, 5.74) is -0.225. The normalized spacial score (nSPS) is 10.3. The zero-order chi connectivity index (χ0) is 16.4. The lowest BCUT2D eigenvalue weighted by molar-refractivity contribution is 0.667. The van der Waals surface area contributed by atoms with Gasteiger partial charge in [-0.15, -0.1) is 0 Å². The van der Waals surface area contributed by atoms with Crippen molar-refractivity contribution < 1.29 is 0 Å². The van der Waals surface area contributed by atoms with Gasteiger partial charge in [0, 0.05) is 32.7 Å². The predicted molar refractivity (Wildman–Crippen MR) is 85.2 cm³/mol. The van der Waals surface area contributed by atoms with Crippen LogP contribution in [0.4, 0.5) is 5.82 Å². The second-order valence-electron chi connectivity index (χ2n) is 5.00. The molecule has 22 heavy (non-hydrogen) atoms. The van der Waals surface area contributed by atoms with E-state index in [0.717, 1.165) is 10.1 Å². The van der Waals surface area contributed by atoms with E-state index in [-0.39, 0.29) is 11.4 Å². The van der Waals surface area contributed by atoms with E-state index in [0.29, 0.717) is 11.6 Å². The molecule has 0 fully saturated rings. The van der Waals surface area contributed by atoms with Crippen molar-refractivity contribution in [1.29, 1.82) is 5.26 Å². The van der Waals surface area contributed by atoms with E-state index in [1.807, 2.05) is 18.2 Å². The molecule has 0 atom stereocenters. The molecule has 0 N–H and O–H groups in total. The van der Waals surface area contributed by atoms with Gasteiger partial charge in [0.1, 0.15) is 11.9 Å². The van der Waals surface area contributed by atoms with E-state index >= 15 is 0 Å². The zero-order valence-corrected chi connectivity index (χ0v) is 13.3. The van der Waals surface area contributed by atoms with Crippen LogP contribution in [0, 0.1) is 11.3 Å². The molecular formula is C15H15ClN4O2. The Morgan fingerprint density at radius 1 is 1.27 bits per heavy atom. The largest absolute Gasteiger partial charge is 0.355 e. The minimum absolute atomic E-state index is 0.0610. The minimum atomic E-state index is -0.599. The number of hydrogen-bond donors (Lipinski definition) is 0. The SMILES string of the molecule is CN(Cc1cccc(Cl)c1)c1c(C#N)c(=O)n(C)c(=O)n1C. The number of nitriles is 1. The highest BCUT2D eigenvalue weighted by Crippen LogP contribution is 2.18. The Morgan fingerprint density at radius 3 is 2.55 bits per heavy atom. The van der Waals surface area contributed by atoms with Crippen molar-refractivity contribution >= 4 is 17.4 Å². The van der Waals surface area contributed by atoms with Crippen LogP contribution in [0.1, 0.15) is 11.1 Å². The van der Waals surface area contributed by atoms with Gasteiger partial charge in [-0.05, 0) is 17.7 Å². The molecule has 1 heterocycles. The molecule has 0 aliphatic carbocycles. The Labute approximate surface area is 132 Å². The molecule has 0 saturated heterocycles. The second-order valence-corrected chi connectivity index (χ2v) is 5.44. The summed E-state index contributed by atoms with van der Waals surface area (Å²) in [7, 11) is 4.61. The number of benzene rings is 1. The predicted octanol–water partition coefficient (Wildman–Crippen LogP) is 1.25. The Kier molecular flexibility index (Phi) is 4.38. The van der Waals surface area contributed by atoms with Crippen LogP contribution < -0.4 is 16.1 Å². The molecule has 0 bridgehead atoms. The van der Waals surface area contributed by atoms with Crippen LogP contribution in [-0.2, 0) is 20.6 Å². The number of nitrogens with zero attached hydrogens (tertiary/aromatic N) is 4. The fourth-order valence-corrected chi connectivity index (χ4v) is 2.58. The van der Waals surface area contributed by atoms with Gasteiger partial charge in [-0.3, -0.25) is 13.9 Å². The van der Waals surface area contributed by atoms with Gasteiger partial charge in [-0.25, -0.2) is 4.79 Å². The number of halogens is 1. The maximum Gasteiger partial charge on any atom is 0.332 e. The van der Waals surface area contributed by atoms with Crippen molar-refractivity contribution in [2.45, 2.75) is 6.54 Å². The monoisotopic (exact) mass is 318 g/mol. The second kappa shape index (κ2) is 6.08. The smallest absolute Gasteiger partial charge is 0.332 e. The molecule has 114 valence electrons. The number of rotatable bonds is 3. The molecule has 2 aromatic rings. The van der Waals surface area contributed by atoms with E-state index in [1.165, 1.54) is 18.7 Å². The molecule has 7 heteroatoms. The third kappa shape index (κ3) is 2.76. The Morgan fingerprint density at radius 2 is 1.95 bits per heavy atom. The molecule has 0 aliphatic rings. The van der Waals surface area contributed by atoms with Gasteiger partial charge in [-0.1, -0.05) is 23.7 Å². The molecule has 0 saturated carbocycles. The maximum absolute atomic E-state index is 12.1. The molecule has 1 aromatic carbocycles. The highest BCUT2D eigenvalue weighted by atomic mass is 35.5. The maximum atomic E-state index is 12.1. The van der Waals surface area contributed by atoms with E-state index in [4.69, 9.17) is 11.6 Å². The molecule has 1 aromatic heterocycles. The summed E-state index contributed by atoms with van der Waals surface area (Å²) >= 11 is 5.96. The molecule has 0 unspecified atom stereocenters. The number of anilines is 1. The summed E-state index contributed by atoms with van der Waals surface area (Å²) in [6.45, 7) is 0.412. The third-order valence-corrected chi connectivity index (χ3v) is 3.65. The van der Waals surface area contributed by atoms with Crippen molar-refractivity contribution in [1.82, 2.24) is 9.13 Å². The fourth-order valence-electron chi connectivity index (χ4n) is 2.36. The first kappa shape index (κ1) is 15.9. The van der Waals surface area contributed by atoms with Crippen LogP contribution in [0.2, 0.25) is 5.02 Å². The summed E-state index contributed by atoms with van der Waals surface area (Å²) in [4.78, 5) is 25.8. The number of aromatic nitrogens is 2. The van der Waals surface area contributed by atoms with Gasteiger partial charge < -0.3 is 4.90 Å². The van der Waals surface area contributed by atoms with E-state index in [9.17, 15) is 14.9 Å². The van der Waals surface area contributed by atoms with Crippen molar-refractivity contribution in [3.8, 4) is 6.07 Å². The van der Waals surface area contributed by atoms with E-state index in [1.54, 1.807) is 24.1 Å². The van der Waals surface area contributed by atoms with E-state index in [2.05, 4.69) is 0 Å². The van der Waals surface area contributed by atoms with Gasteiger partial charge in [0.2, 0.25) is 0 Å². The Bertz CT molecular complexity index is 877. The van der Waals surface area contributed by atoms with Crippen molar-refractivity contribution in [3.05, 3.63) is 61.3 Å². The molecule has 0 spiro atoms. The molecular weight excluding hydrogens is 304 g/mol. The third-order valence-electron chi connectivity index (χ3n) is 3.42. The number of hydrogen-bond acceptors (Lipinski definition) is 4. The summed E-state index contributed by atoms with van der Waals surface area (Å²) in [5, 5.41) is 9.87. The van der Waals surface area contributed by atoms with Crippen molar-refractivity contribution in [2.24, 2.45) is 14.1 Å². The first-order chi connectivity index (χ1) is 10.4. The quantitative estimate of drug-likeness (QED) is 0.854. The lowest BCUT2D eigenvalue weighted by Crippen LogP contribution is -2.41.